The first-order valence-electron chi connectivity index (χ1n) is 13.9. The Kier molecular flexibility index (Phi) is 8.30. The zero-order chi connectivity index (χ0) is 28.1. The monoisotopic (exact) mass is 520 g/mol. The van der Waals surface area contributed by atoms with Crippen molar-refractivity contribution in [1.82, 2.24) is 0 Å². The van der Waals surface area contributed by atoms with Crippen LogP contribution in [-0.2, 0) is 10.2 Å². The van der Waals surface area contributed by atoms with E-state index in [1.807, 2.05) is 45.0 Å². The predicted octanol–water partition coefficient (Wildman–Crippen LogP) is 8.98. The summed E-state index contributed by atoms with van der Waals surface area (Å²) >= 11 is 0. The number of hydrogen-bond acceptors (Lipinski definition) is 3. The second-order valence-corrected chi connectivity index (χ2v) is 11.4. The molecular weight excluding hydrogens is 480 g/mol. The lowest BCUT2D eigenvalue weighted by atomic mass is 9.65. The summed E-state index contributed by atoms with van der Waals surface area (Å²) in [5.74, 6) is 1.17. The highest BCUT2D eigenvalue weighted by molar-refractivity contribution is 5.78. The van der Waals surface area contributed by atoms with Crippen LogP contribution in [0.1, 0.15) is 76.6 Å². The zero-order valence-corrected chi connectivity index (χ0v) is 24.0. The van der Waals surface area contributed by atoms with Crippen molar-refractivity contribution in [2.24, 2.45) is 5.41 Å². The number of hydrogen-bond donors (Lipinski definition) is 0. The summed E-state index contributed by atoms with van der Waals surface area (Å²) in [7, 11) is 0. The van der Waals surface area contributed by atoms with Crippen LogP contribution in [0, 0.1) is 5.41 Å². The van der Waals surface area contributed by atoms with E-state index < -0.39 is 10.8 Å². The highest BCUT2D eigenvalue weighted by Crippen LogP contribution is 2.46. The molecule has 0 aromatic heterocycles. The van der Waals surface area contributed by atoms with Gasteiger partial charge in [0.1, 0.15) is 17.1 Å². The van der Waals surface area contributed by atoms with Crippen LogP contribution in [0.5, 0.6) is 11.5 Å². The molecule has 0 heterocycles. The minimum atomic E-state index is -0.591. The highest BCUT2D eigenvalue weighted by Gasteiger charge is 2.38. The Morgan fingerprint density at radius 3 is 1.38 bits per heavy atom. The smallest absolute Gasteiger partial charge is 0.316 e. The van der Waals surface area contributed by atoms with Gasteiger partial charge in [-0.3, -0.25) is 4.79 Å². The zero-order valence-electron chi connectivity index (χ0n) is 24.0. The average Bonchev–Trinajstić information content (AvgIpc) is 2.96. The van der Waals surface area contributed by atoms with Gasteiger partial charge in [-0.05, 0) is 87.1 Å². The Morgan fingerprint density at radius 1 is 0.564 bits per heavy atom. The van der Waals surface area contributed by atoms with E-state index in [0.717, 1.165) is 34.4 Å². The van der Waals surface area contributed by atoms with Crippen molar-refractivity contribution in [2.45, 2.75) is 65.4 Å². The van der Waals surface area contributed by atoms with Crippen LogP contribution in [0.25, 0.3) is 0 Å². The summed E-state index contributed by atoms with van der Waals surface area (Å²) < 4.78 is 12.0. The third kappa shape index (κ3) is 5.93. The number of carbonyl (C=O) groups is 1. The molecule has 4 aromatic rings. The maximum atomic E-state index is 12.7. The molecule has 39 heavy (non-hydrogen) atoms. The fraction of sp³-hybridized carbons (Fsp3) is 0.306. The Hall–Kier alpha value is -3.85. The van der Waals surface area contributed by atoms with Crippen molar-refractivity contribution in [2.75, 3.05) is 0 Å². The molecule has 0 bridgehead atoms. The van der Waals surface area contributed by atoms with Crippen LogP contribution in [0.3, 0.4) is 0 Å². The molecule has 0 spiro atoms. The van der Waals surface area contributed by atoms with Crippen molar-refractivity contribution < 1.29 is 14.3 Å². The molecule has 0 saturated heterocycles. The van der Waals surface area contributed by atoms with Crippen LogP contribution in [0.4, 0.5) is 0 Å². The molecular formula is C36H40O3. The van der Waals surface area contributed by atoms with Crippen molar-refractivity contribution >= 4 is 5.97 Å². The van der Waals surface area contributed by atoms with Gasteiger partial charge in [-0.15, -0.1) is 0 Å². The fourth-order valence-corrected chi connectivity index (χ4v) is 4.70. The van der Waals surface area contributed by atoms with Gasteiger partial charge >= 0.3 is 5.97 Å². The third-order valence-electron chi connectivity index (χ3n) is 7.88. The molecule has 0 saturated carbocycles. The largest absolute Gasteiger partial charge is 0.488 e. The summed E-state index contributed by atoms with van der Waals surface area (Å²) in [6, 6.07) is 37.5. The normalized spacial score (nSPS) is 12.2. The van der Waals surface area contributed by atoms with E-state index in [2.05, 4.69) is 106 Å². The van der Waals surface area contributed by atoms with Crippen LogP contribution in [-0.4, -0.2) is 11.6 Å². The molecule has 0 unspecified atom stereocenters. The van der Waals surface area contributed by atoms with E-state index >= 15 is 0 Å². The molecule has 0 amide bonds. The third-order valence-corrected chi connectivity index (χ3v) is 7.88. The highest BCUT2D eigenvalue weighted by atomic mass is 16.5. The molecule has 0 radical (unpaired) electrons. The molecule has 0 aliphatic heterocycles. The summed E-state index contributed by atoms with van der Waals surface area (Å²) in [5.41, 5.74) is 3.14. The van der Waals surface area contributed by atoms with E-state index in [1.165, 1.54) is 0 Å². The number of carbonyl (C=O) groups excluding carboxylic acids is 1. The van der Waals surface area contributed by atoms with Crippen LogP contribution >= 0.6 is 0 Å². The first kappa shape index (κ1) is 28.2. The van der Waals surface area contributed by atoms with Gasteiger partial charge in [0.25, 0.3) is 0 Å². The molecule has 0 atom stereocenters. The van der Waals surface area contributed by atoms with Crippen molar-refractivity contribution in [1.29, 1.82) is 0 Å². The summed E-state index contributed by atoms with van der Waals surface area (Å²) in [6.07, 6.45) is 1.63. The van der Waals surface area contributed by atoms with Gasteiger partial charge < -0.3 is 9.47 Å². The SMILES string of the molecule is CCC(C)(C)Oc1ccc(C(c2ccccc2)(c2ccccc2)c2ccc(OC(=O)C(C)(C)CC)cc2)cc1. The maximum absolute atomic E-state index is 12.7. The van der Waals surface area contributed by atoms with E-state index in [1.54, 1.807) is 0 Å². The molecule has 0 N–H and O–H groups in total. The lowest BCUT2D eigenvalue weighted by molar-refractivity contribution is -0.144. The van der Waals surface area contributed by atoms with Gasteiger partial charge in [0.05, 0.1) is 10.8 Å². The van der Waals surface area contributed by atoms with Gasteiger partial charge in [0, 0.05) is 0 Å². The van der Waals surface area contributed by atoms with E-state index in [4.69, 9.17) is 9.47 Å². The molecule has 3 heteroatoms. The first-order chi connectivity index (χ1) is 18.6. The first-order valence-corrected chi connectivity index (χ1v) is 13.9. The number of rotatable bonds is 10. The topological polar surface area (TPSA) is 35.5 Å². The molecule has 202 valence electrons. The van der Waals surface area contributed by atoms with Gasteiger partial charge in [-0.25, -0.2) is 0 Å². The van der Waals surface area contributed by atoms with Crippen LogP contribution in [0.15, 0.2) is 109 Å². The van der Waals surface area contributed by atoms with Crippen molar-refractivity contribution in [3.8, 4) is 11.5 Å². The minimum absolute atomic E-state index is 0.222. The van der Waals surface area contributed by atoms with Crippen molar-refractivity contribution in [3.63, 3.8) is 0 Å². The second-order valence-electron chi connectivity index (χ2n) is 11.4. The Morgan fingerprint density at radius 2 is 0.974 bits per heavy atom. The quantitative estimate of drug-likeness (QED) is 0.119. The molecule has 3 nitrogen and oxygen atoms in total. The molecule has 4 aromatic carbocycles. The lowest BCUT2D eigenvalue weighted by Crippen LogP contribution is -2.31. The Bertz CT molecular complexity index is 1310. The number of benzene rings is 4. The average molecular weight is 521 g/mol. The summed E-state index contributed by atoms with van der Waals surface area (Å²) in [4.78, 5) is 12.7. The fourth-order valence-electron chi connectivity index (χ4n) is 4.70. The maximum Gasteiger partial charge on any atom is 0.316 e. The summed E-state index contributed by atoms with van der Waals surface area (Å²) in [6.45, 7) is 12.2. The Labute approximate surface area is 233 Å². The van der Waals surface area contributed by atoms with Crippen LogP contribution in [0.2, 0.25) is 0 Å². The van der Waals surface area contributed by atoms with E-state index in [9.17, 15) is 4.79 Å². The number of ether oxygens (including phenoxy) is 2. The molecule has 0 aliphatic carbocycles. The summed E-state index contributed by atoms with van der Waals surface area (Å²) in [5, 5.41) is 0. The molecule has 4 rings (SSSR count). The minimum Gasteiger partial charge on any atom is -0.488 e. The molecule has 0 fully saturated rings. The van der Waals surface area contributed by atoms with Gasteiger partial charge in [0.2, 0.25) is 0 Å². The number of esters is 1. The van der Waals surface area contributed by atoms with Gasteiger partial charge in [-0.2, -0.15) is 0 Å². The second kappa shape index (κ2) is 11.5. The van der Waals surface area contributed by atoms with E-state index in [0.29, 0.717) is 12.2 Å². The van der Waals surface area contributed by atoms with Crippen molar-refractivity contribution in [3.05, 3.63) is 131 Å². The van der Waals surface area contributed by atoms with Crippen LogP contribution < -0.4 is 9.47 Å². The standard InChI is InChI=1S/C36H40O3/c1-7-34(3,4)33(37)38-31-23-19-29(20-24-31)36(27-15-11-9-12-16-27,28-17-13-10-14-18-28)30-21-25-32(26-22-30)39-35(5,6)8-2/h9-26H,7-8H2,1-6H3. The van der Waals surface area contributed by atoms with E-state index in [-0.39, 0.29) is 11.6 Å². The Balaban J connectivity index is 1.87. The van der Waals surface area contributed by atoms with Gasteiger partial charge in [0.15, 0.2) is 0 Å². The lowest BCUT2D eigenvalue weighted by Gasteiger charge is -2.37. The molecule has 0 aliphatic rings. The predicted molar refractivity (Wildman–Crippen MR) is 159 cm³/mol. The van der Waals surface area contributed by atoms with Gasteiger partial charge in [-0.1, -0.05) is 98.8 Å².